The first-order chi connectivity index (χ1) is 11.0. The summed E-state index contributed by atoms with van der Waals surface area (Å²) in [6.07, 6.45) is 1.01. The predicted octanol–water partition coefficient (Wildman–Crippen LogP) is 4.09. The number of anilines is 1. The van der Waals surface area contributed by atoms with Crippen LogP contribution in [0, 0.1) is 10.1 Å². The first-order valence-corrected chi connectivity index (χ1v) is 7.89. The summed E-state index contributed by atoms with van der Waals surface area (Å²) in [7, 11) is 0. The fourth-order valence-corrected chi connectivity index (χ4v) is 2.90. The van der Waals surface area contributed by atoms with Crippen LogP contribution >= 0.6 is 23.8 Å². The smallest absolute Gasteiger partial charge is 0.271 e. The number of thiocarbonyl (C=S) groups is 1. The van der Waals surface area contributed by atoms with E-state index < -0.39 is 4.92 Å². The summed E-state index contributed by atoms with van der Waals surface area (Å²) in [6, 6.07) is 14.7. The van der Waals surface area contributed by atoms with Crippen molar-refractivity contribution in [1.29, 1.82) is 0 Å². The van der Waals surface area contributed by atoms with Crippen LogP contribution in [-0.2, 0) is 0 Å². The Kier molecular flexibility index (Phi) is 4.45. The molecule has 7 heteroatoms. The standard InChI is InChI=1S/C16H14ClN3O2S/c17-13-7-6-11(20(21)22)8-15(13)19-16(23)18-14-9-12(14)10-4-2-1-3-5-10/h1-8,12,14H,9H2,(H2,18,19,23)/t12-,14+/m1/s1. The number of nitrogens with zero attached hydrogens (tertiary/aromatic N) is 1. The van der Waals surface area contributed by atoms with Gasteiger partial charge in [-0.25, -0.2) is 0 Å². The minimum absolute atomic E-state index is 0.0340. The molecule has 2 aromatic carbocycles. The average molecular weight is 348 g/mol. The highest BCUT2D eigenvalue weighted by molar-refractivity contribution is 7.80. The van der Waals surface area contributed by atoms with E-state index in [-0.39, 0.29) is 11.7 Å². The third kappa shape index (κ3) is 3.78. The van der Waals surface area contributed by atoms with E-state index in [1.165, 1.54) is 23.8 Å². The van der Waals surface area contributed by atoms with Gasteiger partial charge in [0.1, 0.15) is 0 Å². The van der Waals surface area contributed by atoms with Crippen molar-refractivity contribution in [3.63, 3.8) is 0 Å². The first kappa shape index (κ1) is 15.7. The summed E-state index contributed by atoms with van der Waals surface area (Å²) < 4.78 is 0. The van der Waals surface area contributed by atoms with Crippen molar-refractivity contribution in [3.05, 3.63) is 69.2 Å². The molecule has 0 bridgehead atoms. The van der Waals surface area contributed by atoms with Crippen LogP contribution in [0.5, 0.6) is 0 Å². The lowest BCUT2D eigenvalue weighted by atomic mass is 10.1. The second-order valence-corrected chi connectivity index (χ2v) is 6.19. The van der Waals surface area contributed by atoms with Crippen molar-refractivity contribution < 1.29 is 4.92 Å². The van der Waals surface area contributed by atoms with Crippen LogP contribution in [-0.4, -0.2) is 16.1 Å². The Bertz CT molecular complexity index is 754. The fourth-order valence-electron chi connectivity index (χ4n) is 2.47. The number of hydrogen-bond acceptors (Lipinski definition) is 3. The Balaban J connectivity index is 1.61. The average Bonchev–Trinajstić information content (AvgIpc) is 3.29. The molecule has 0 aromatic heterocycles. The van der Waals surface area contributed by atoms with Crippen molar-refractivity contribution in [2.24, 2.45) is 0 Å². The van der Waals surface area contributed by atoms with Crippen molar-refractivity contribution in [3.8, 4) is 0 Å². The minimum atomic E-state index is -0.468. The summed E-state index contributed by atoms with van der Waals surface area (Å²) in [5.74, 6) is 0.441. The van der Waals surface area contributed by atoms with Crippen LogP contribution < -0.4 is 10.6 Å². The molecule has 0 aliphatic heterocycles. The predicted molar refractivity (Wildman–Crippen MR) is 95.1 cm³/mol. The number of halogens is 1. The van der Waals surface area contributed by atoms with E-state index in [1.54, 1.807) is 0 Å². The molecule has 0 spiro atoms. The molecule has 1 aliphatic rings. The van der Waals surface area contributed by atoms with E-state index in [0.29, 0.717) is 21.7 Å². The molecule has 1 fully saturated rings. The van der Waals surface area contributed by atoms with E-state index in [9.17, 15) is 10.1 Å². The van der Waals surface area contributed by atoms with Gasteiger partial charge >= 0.3 is 0 Å². The minimum Gasteiger partial charge on any atom is -0.359 e. The fraction of sp³-hybridized carbons (Fsp3) is 0.188. The molecule has 5 nitrogen and oxygen atoms in total. The van der Waals surface area contributed by atoms with Gasteiger partial charge in [0, 0.05) is 24.1 Å². The molecule has 0 radical (unpaired) electrons. The molecule has 118 valence electrons. The third-order valence-corrected chi connectivity index (χ3v) is 4.29. The summed E-state index contributed by atoms with van der Waals surface area (Å²) in [4.78, 5) is 10.4. The molecule has 1 aliphatic carbocycles. The lowest BCUT2D eigenvalue weighted by molar-refractivity contribution is -0.384. The second-order valence-electron chi connectivity index (χ2n) is 5.38. The Morgan fingerprint density at radius 3 is 2.70 bits per heavy atom. The van der Waals surface area contributed by atoms with Crippen LogP contribution in [0.25, 0.3) is 0 Å². The molecule has 3 rings (SSSR count). The van der Waals surface area contributed by atoms with Crippen LogP contribution in [0.4, 0.5) is 11.4 Å². The van der Waals surface area contributed by atoms with Gasteiger partial charge in [0.25, 0.3) is 5.69 Å². The number of hydrogen-bond donors (Lipinski definition) is 2. The Labute approximate surface area is 143 Å². The molecule has 1 saturated carbocycles. The molecule has 23 heavy (non-hydrogen) atoms. The quantitative estimate of drug-likeness (QED) is 0.495. The number of non-ortho nitro benzene ring substituents is 1. The Hall–Kier alpha value is -2.18. The van der Waals surface area contributed by atoms with Crippen molar-refractivity contribution >= 4 is 40.3 Å². The summed E-state index contributed by atoms with van der Waals surface area (Å²) in [6.45, 7) is 0. The van der Waals surface area contributed by atoms with Crippen LogP contribution in [0.15, 0.2) is 48.5 Å². The molecular weight excluding hydrogens is 334 g/mol. The normalized spacial score (nSPS) is 19.0. The third-order valence-electron chi connectivity index (χ3n) is 3.74. The molecule has 0 amide bonds. The summed E-state index contributed by atoms with van der Waals surface area (Å²) in [5.41, 5.74) is 1.67. The van der Waals surface area contributed by atoms with Gasteiger partial charge in [-0.2, -0.15) is 0 Å². The van der Waals surface area contributed by atoms with E-state index in [2.05, 4.69) is 22.8 Å². The molecule has 0 heterocycles. The molecule has 2 N–H and O–H groups in total. The zero-order chi connectivity index (χ0) is 16.4. The Morgan fingerprint density at radius 2 is 2.00 bits per heavy atom. The van der Waals surface area contributed by atoms with Crippen molar-refractivity contribution in [2.75, 3.05) is 5.32 Å². The van der Waals surface area contributed by atoms with Gasteiger partial charge in [0.15, 0.2) is 5.11 Å². The van der Waals surface area contributed by atoms with Crippen molar-refractivity contribution in [1.82, 2.24) is 5.32 Å². The molecule has 0 unspecified atom stereocenters. The SMILES string of the molecule is O=[N+]([O-])c1ccc(Cl)c(NC(=S)N[C@H]2C[C@@H]2c2ccccc2)c1. The first-order valence-electron chi connectivity index (χ1n) is 7.11. The number of nitrogens with one attached hydrogen (secondary N) is 2. The van der Waals surface area contributed by atoms with E-state index >= 15 is 0 Å². The van der Waals surface area contributed by atoms with Gasteiger partial charge in [0.2, 0.25) is 0 Å². The highest BCUT2D eigenvalue weighted by atomic mass is 35.5. The molecule has 0 saturated heterocycles. The molecule has 2 atom stereocenters. The van der Waals surface area contributed by atoms with Gasteiger partial charge in [-0.05, 0) is 30.3 Å². The van der Waals surface area contributed by atoms with Gasteiger partial charge in [-0.1, -0.05) is 41.9 Å². The van der Waals surface area contributed by atoms with E-state index in [1.807, 2.05) is 18.2 Å². The van der Waals surface area contributed by atoms with Crippen molar-refractivity contribution in [2.45, 2.75) is 18.4 Å². The van der Waals surface area contributed by atoms with Gasteiger partial charge in [-0.3, -0.25) is 10.1 Å². The van der Waals surface area contributed by atoms with Gasteiger partial charge in [0.05, 0.1) is 15.6 Å². The van der Waals surface area contributed by atoms with E-state index in [0.717, 1.165) is 6.42 Å². The largest absolute Gasteiger partial charge is 0.359 e. The molecular formula is C16H14ClN3O2S. The maximum absolute atomic E-state index is 10.8. The number of rotatable bonds is 4. The highest BCUT2D eigenvalue weighted by Crippen LogP contribution is 2.40. The van der Waals surface area contributed by atoms with Crippen LogP contribution in [0.1, 0.15) is 17.9 Å². The summed E-state index contributed by atoms with van der Waals surface area (Å²) in [5, 5.41) is 17.8. The molecule has 2 aromatic rings. The second kappa shape index (κ2) is 6.52. The zero-order valence-corrected chi connectivity index (χ0v) is 13.6. The van der Waals surface area contributed by atoms with Crippen LogP contribution in [0.2, 0.25) is 5.02 Å². The summed E-state index contributed by atoms with van der Waals surface area (Å²) >= 11 is 11.3. The topological polar surface area (TPSA) is 67.2 Å². The maximum atomic E-state index is 10.8. The Morgan fingerprint density at radius 1 is 1.26 bits per heavy atom. The van der Waals surface area contributed by atoms with Crippen LogP contribution in [0.3, 0.4) is 0 Å². The number of nitro benzene ring substituents is 1. The zero-order valence-electron chi connectivity index (χ0n) is 12.0. The lowest BCUT2D eigenvalue weighted by Crippen LogP contribution is -2.31. The van der Waals surface area contributed by atoms with Gasteiger partial charge in [-0.15, -0.1) is 0 Å². The highest BCUT2D eigenvalue weighted by Gasteiger charge is 2.38. The monoisotopic (exact) mass is 347 g/mol. The van der Waals surface area contributed by atoms with E-state index in [4.69, 9.17) is 23.8 Å². The maximum Gasteiger partial charge on any atom is 0.271 e. The number of nitro groups is 1. The van der Waals surface area contributed by atoms with Gasteiger partial charge < -0.3 is 10.6 Å². The number of benzene rings is 2. The lowest BCUT2D eigenvalue weighted by Gasteiger charge is -2.11.